The van der Waals surface area contributed by atoms with E-state index in [1.165, 1.54) is 0 Å². The third kappa shape index (κ3) is 4.73. The first-order valence-electron chi connectivity index (χ1n) is 6.24. The maximum absolute atomic E-state index is 11.9. The number of rotatable bonds is 4. The molecule has 0 atom stereocenters. The van der Waals surface area contributed by atoms with E-state index < -0.39 is 0 Å². The molecular weight excluding hydrogens is 306 g/mol. The standard InChI is InChI=1S/C15H14ClN3OS/c16-12-3-1-2-4-13(12)19-15(20)18-11-7-5-10(6-8-11)9-14(17)21/h1-8H,9H2,(H2,17,21)(H2,18,19,20). The van der Waals surface area contributed by atoms with Gasteiger partial charge >= 0.3 is 6.03 Å². The molecule has 21 heavy (non-hydrogen) atoms. The number of halogens is 1. The molecule has 0 aliphatic heterocycles. The number of carbonyl (C=O) groups is 1. The highest BCUT2D eigenvalue weighted by Crippen LogP contribution is 2.20. The quantitative estimate of drug-likeness (QED) is 0.751. The summed E-state index contributed by atoms with van der Waals surface area (Å²) >= 11 is 10.8. The lowest BCUT2D eigenvalue weighted by molar-refractivity contribution is 0.262. The predicted octanol–water partition coefficient (Wildman–Crippen LogP) is 3.81. The first-order valence-corrected chi connectivity index (χ1v) is 7.03. The molecule has 0 spiro atoms. The molecule has 2 amide bonds. The van der Waals surface area contributed by atoms with Crippen molar-refractivity contribution in [1.82, 2.24) is 0 Å². The van der Waals surface area contributed by atoms with Crippen LogP contribution in [-0.2, 0) is 6.42 Å². The molecule has 0 aliphatic carbocycles. The lowest BCUT2D eigenvalue weighted by atomic mass is 10.1. The number of hydrogen-bond acceptors (Lipinski definition) is 2. The molecule has 108 valence electrons. The van der Waals surface area contributed by atoms with Crippen LogP contribution in [0.15, 0.2) is 48.5 Å². The summed E-state index contributed by atoms with van der Waals surface area (Å²) in [5.41, 5.74) is 7.71. The van der Waals surface area contributed by atoms with Crippen LogP contribution in [-0.4, -0.2) is 11.0 Å². The number of thiocarbonyl (C=S) groups is 1. The number of carbonyl (C=O) groups excluding carboxylic acids is 1. The first-order chi connectivity index (χ1) is 10.0. The van der Waals surface area contributed by atoms with Crippen molar-refractivity contribution in [3.63, 3.8) is 0 Å². The molecule has 2 aromatic carbocycles. The number of nitrogens with two attached hydrogens (primary N) is 1. The molecule has 0 saturated carbocycles. The van der Waals surface area contributed by atoms with Gasteiger partial charge in [-0.15, -0.1) is 0 Å². The Hall–Kier alpha value is -2.11. The smallest absolute Gasteiger partial charge is 0.323 e. The molecule has 0 aromatic heterocycles. The van der Waals surface area contributed by atoms with Gasteiger partial charge in [0, 0.05) is 12.1 Å². The topological polar surface area (TPSA) is 67.1 Å². The fourth-order valence-electron chi connectivity index (χ4n) is 1.75. The molecule has 0 heterocycles. The summed E-state index contributed by atoms with van der Waals surface area (Å²) in [6, 6.07) is 14.0. The second-order valence-electron chi connectivity index (χ2n) is 4.40. The summed E-state index contributed by atoms with van der Waals surface area (Å²) in [6.45, 7) is 0. The molecule has 4 nitrogen and oxygen atoms in total. The molecular formula is C15H14ClN3OS. The largest absolute Gasteiger partial charge is 0.393 e. The number of hydrogen-bond donors (Lipinski definition) is 3. The van der Waals surface area contributed by atoms with E-state index in [1.54, 1.807) is 36.4 Å². The minimum absolute atomic E-state index is 0.356. The zero-order valence-electron chi connectivity index (χ0n) is 11.1. The van der Waals surface area contributed by atoms with Gasteiger partial charge in [-0.25, -0.2) is 4.79 Å². The Labute approximate surface area is 133 Å². The van der Waals surface area contributed by atoms with Gasteiger partial charge in [0.15, 0.2) is 0 Å². The van der Waals surface area contributed by atoms with E-state index in [0.29, 0.717) is 27.8 Å². The van der Waals surface area contributed by atoms with Gasteiger partial charge in [-0.2, -0.15) is 0 Å². The lowest BCUT2D eigenvalue weighted by Crippen LogP contribution is -2.19. The van der Waals surface area contributed by atoms with Gasteiger partial charge in [-0.05, 0) is 29.8 Å². The summed E-state index contributed by atoms with van der Waals surface area (Å²) in [6.07, 6.45) is 0.543. The summed E-state index contributed by atoms with van der Waals surface area (Å²) in [4.78, 5) is 12.3. The van der Waals surface area contributed by atoms with Gasteiger partial charge in [0.2, 0.25) is 0 Å². The van der Waals surface area contributed by atoms with E-state index >= 15 is 0 Å². The Morgan fingerprint density at radius 2 is 1.76 bits per heavy atom. The van der Waals surface area contributed by atoms with Crippen LogP contribution in [0, 0.1) is 0 Å². The summed E-state index contributed by atoms with van der Waals surface area (Å²) < 4.78 is 0. The van der Waals surface area contributed by atoms with Gasteiger partial charge in [-0.1, -0.05) is 48.1 Å². The second kappa shape index (κ2) is 7.06. The van der Waals surface area contributed by atoms with Gasteiger partial charge in [0.25, 0.3) is 0 Å². The van der Waals surface area contributed by atoms with Crippen LogP contribution in [0.25, 0.3) is 0 Å². The number of anilines is 2. The summed E-state index contributed by atoms with van der Waals surface area (Å²) in [5, 5.41) is 5.89. The van der Waals surface area contributed by atoms with Crippen LogP contribution < -0.4 is 16.4 Å². The van der Waals surface area contributed by atoms with Gasteiger partial charge in [0.1, 0.15) is 0 Å². The highest BCUT2D eigenvalue weighted by Gasteiger charge is 2.05. The second-order valence-corrected chi connectivity index (χ2v) is 5.33. The Bertz CT molecular complexity index is 658. The maximum atomic E-state index is 11.9. The molecule has 0 saturated heterocycles. The summed E-state index contributed by atoms with van der Waals surface area (Å²) in [5.74, 6) is 0. The maximum Gasteiger partial charge on any atom is 0.323 e. The van der Waals surface area contributed by atoms with Crippen molar-refractivity contribution in [2.24, 2.45) is 5.73 Å². The van der Waals surface area contributed by atoms with Crippen LogP contribution in [0.4, 0.5) is 16.2 Å². The van der Waals surface area contributed by atoms with Gasteiger partial charge in [0.05, 0.1) is 15.7 Å². The van der Waals surface area contributed by atoms with Crippen LogP contribution in [0.5, 0.6) is 0 Å². The molecule has 0 fully saturated rings. The number of para-hydroxylation sites is 1. The highest BCUT2D eigenvalue weighted by molar-refractivity contribution is 7.80. The van der Waals surface area contributed by atoms with Crippen molar-refractivity contribution in [2.75, 3.05) is 10.6 Å². The Morgan fingerprint density at radius 1 is 1.10 bits per heavy atom. The fourth-order valence-corrected chi connectivity index (χ4v) is 2.10. The van der Waals surface area contributed by atoms with Crippen molar-refractivity contribution in [3.05, 3.63) is 59.1 Å². The molecule has 0 bridgehead atoms. The number of amides is 2. The van der Waals surface area contributed by atoms with Crippen molar-refractivity contribution in [1.29, 1.82) is 0 Å². The van der Waals surface area contributed by atoms with Crippen molar-refractivity contribution >= 4 is 46.2 Å². The van der Waals surface area contributed by atoms with Crippen LogP contribution in [0.3, 0.4) is 0 Å². The minimum Gasteiger partial charge on any atom is -0.393 e. The SMILES string of the molecule is NC(=S)Cc1ccc(NC(=O)Nc2ccccc2Cl)cc1. The molecule has 0 aliphatic rings. The predicted molar refractivity (Wildman–Crippen MR) is 91.0 cm³/mol. The van der Waals surface area contributed by atoms with Gasteiger partial charge < -0.3 is 16.4 Å². The zero-order chi connectivity index (χ0) is 15.2. The first kappa shape index (κ1) is 15.3. The number of urea groups is 1. The molecule has 0 unspecified atom stereocenters. The van der Waals surface area contributed by atoms with E-state index in [1.807, 2.05) is 12.1 Å². The zero-order valence-corrected chi connectivity index (χ0v) is 12.7. The monoisotopic (exact) mass is 319 g/mol. The van der Waals surface area contributed by atoms with Gasteiger partial charge in [-0.3, -0.25) is 0 Å². The lowest BCUT2D eigenvalue weighted by Gasteiger charge is -2.09. The van der Waals surface area contributed by atoms with Crippen molar-refractivity contribution < 1.29 is 4.79 Å². The number of benzene rings is 2. The molecule has 2 rings (SSSR count). The Balaban J connectivity index is 1.96. The van der Waals surface area contributed by atoms with E-state index in [-0.39, 0.29) is 6.03 Å². The Kier molecular flexibility index (Phi) is 5.14. The average Bonchev–Trinajstić information content (AvgIpc) is 2.43. The minimum atomic E-state index is -0.356. The van der Waals surface area contributed by atoms with E-state index in [2.05, 4.69) is 10.6 Å². The van der Waals surface area contributed by atoms with Crippen LogP contribution in [0.2, 0.25) is 5.02 Å². The van der Waals surface area contributed by atoms with E-state index in [0.717, 1.165) is 5.56 Å². The molecule has 6 heteroatoms. The third-order valence-electron chi connectivity index (χ3n) is 2.71. The van der Waals surface area contributed by atoms with Crippen molar-refractivity contribution in [2.45, 2.75) is 6.42 Å². The summed E-state index contributed by atoms with van der Waals surface area (Å²) in [7, 11) is 0. The van der Waals surface area contributed by atoms with Crippen LogP contribution in [0.1, 0.15) is 5.56 Å². The fraction of sp³-hybridized carbons (Fsp3) is 0.0667. The average molecular weight is 320 g/mol. The highest BCUT2D eigenvalue weighted by atomic mass is 35.5. The molecule has 2 aromatic rings. The Morgan fingerprint density at radius 3 is 2.38 bits per heavy atom. The molecule has 4 N–H and O–H groups in total. The normalized spacial score (nSPS) is 9.95. The van der Waals surface area contributed by atoms with E-state index in [9.17, 15) is 4.79 Å². The van der Waals surface area contributed by atoms with E-state index in [4.69, 9.17) is 29.6 Å². The number of nitrogens with one attached hydrogen (secondary N) is 2. The molecule has 0 radical (unpaired) electrons. The van der Waals surface area contributed by atoms with Crippen LogP contribution >= 0.6 is 23.8 Å². The van der Waals surface area contributed by atoms with Crippen molar-refractivity contribution in [3.8, 4) is 0 Å². The third-order valence-corrected chi connectivity index (χ3v) is 3.19.